The molecule has 1 aliphatic heterocycles. The molecule has 2 aromatic rings. The molecule has 1 saturated heterocycles. The lowest BCUT2D eigenvalue weighted by atomic mass is 10.0. The van der Waals surface area contributed by atoms with Gasteiger partial charge in [-0.15, -0.1) is 0 Å². The van der Waals surface area contributed by atoms with Gasteiger partial charge in [0.15, 0.2) is 0 Å². The summed E-state index contributed by atoms with van der Waals surface area (Å²) in [5, 5.41) is 26.7. The first kappa shape index (κ1) is 28.2. The van der Waals surface area contributed by atoms with E-state index < -0.39 is 28.0 Å². The second-order valence-corrected chi connectivity index (χ2v) is 10.6. The third-order valence-corrected chi connectivity index (χ3v) is 6.43. The number of aliphatic hydroxyl groups excluding tert-OH is 1. The van der Waals surface area contributed by atoms with Crippen LogP contribution in [0.2, 0.25) is 0 Å². The van der Waals surface area contributed by atoms with Gasteiger partial charge in [0, 0.05) is 24.5 Å². The maximum atomic E-state index is 12.0. The molecule has 2 atom stereocenters. The summed E-state index contributed by atoms with van der Waals surface area (Å²) in [6, 6.07) is 11.6. The summed E-state index contributed by atoms with van der Waals surface area (Å²) >= 11 is 0. The largest absolute Gasteiger partial charge is 0.506 e. The molecule has 0 saturated carbocycles. The number of phenols is 1. The van der Waals surface area contributed by atoms with Gasteiger partial charge in [0.05, 0.1) is 30.8 Å². The first-order valence-corrected chi connectivity index (χ1v) is 14.0. The van der Waals surface area contributed by atoms with Gasteiger partial charge in [0.25, 0.3) is 0 Å². The zero-order valence-corrected chi connectivity index (χ0v) is 21.8. The van der Waals surface area contributed by atoms with E-state index in [4.69, 9.17) is 4.74 Å². The smallest absolute Gasteiger partial charge is 0.315 e. The number of esters is 1. The van der Waals surface area contributed by atoms with Crippen LogP contribution in [-0.2, 0) is 24.3 Å². The molecule has 0 spiro atoms. The van der Waals surface area contributed by atoms with E-state index in [0.717, 1.165) is 37.8 Å². The molecule has 0 aromatic heterocycles. The maximum Gasteiger partial charge on any atom is 0.315 e. The fraction of sp³-hybridized carbons (Fsp3) is 0.440. The number of amides is 1. The highest BCUT2D eigenvalue weighted by atomic mass is 32.2. The number of rotatable bonds is 11. The van der Waals surface area contributed by atoms with Crippen molar-refractivity contribution in [2.75, 3.05) is 40.9 Å². The Morgan fingerprint density at radius 1 is 1.16 bits per heavy atom. The van der Waals surface area contributed by atoms with Gasteiger partial charge < -0.3 is 25.2 Å². The summed E-state index contributed by atoms with van der Waals surface area (Å²) in [4.78, 5) is 25.7. The number of aliphatic hydroxyl groups is 1. The number of carbonyl (C=O) groups excluding carboxylic acids is 2. The molecule has 0 aliphatic carbocycles. The zero-order valence-electron chi connectivity index (χ0n) is 20.9. The summed E-state index contributed by atoms with van der Waals surface area (Å²) in [5.41, 5.74) is 1.98. The van der Waals surface area contributed by atoms with Crippen LogP contribution >= 0.6 is 0 Å². The number of benzene rings is 2. The van der Waals surface area contributed by atoms with Crippen LogP contribution in [0.15, 0.2) is 42.5 Å². The summed E-state index contributed by atoms with van der Waals surface area (Å²) < 4.78 is 30.1. The number of sulfonamides is 1. The molecule has 37 heavy (non-hydrogen) atoms. The fourth-order valence-corrected chi connectivity index (χ4v) is 4.71. The molecule has 0 bridgehead atoms. The van der Waals surface area contributed by atoms with Crippen molar-refractivity contribution in [1.82, 2.24) is 5.32 Å². The highest BCUT2D eigenvalue weighted by Crippen LogP contribution is 2.29. The average Bonchev–Trinajstić information content (AvgIpc) is 2.84. The van der Waals surface area contributed by atoms with E-state index in [-0.39, 0.29) is 37.2 Å². The van der Waals surface area contributed by atoms with Crippen LogP contribution in [0.1, 0.15) is 44.3 Å². The third kappa shape index (κ3) is 8.62. The van der Waals surface area contributed by atoms with Crippen LogP contribution in [0.4, 0.5) is 17.1 Å². The van der Waals surface area contributed by atoms with Crippen molar-refractivity contribution < 1.29 is 33.0 Å². The van der Waals surface area contributed by atoms with E-state index in [0.29, 0.717) is 11.3 Å². The first-order chi connectivity index (χ1) is 17.6. The van der Waals surface area contributed by atoms with Crippen LogP contribution in [0.25, 0.3) is 0 Å². The Balaban J connectivity index is 1.61. The van der Waals surface area contributed by atoms with Gasteiger partial charge in [0.2, 0.25) is 15.9 Å². The molecule has 1 heterocycles. The molecule has 1 unspecified atom stereocenters. The van der Waals surface area contributed by atoms with Crippen LogP contribution in [-0.4, -0.2) is 62.6 Å². The summed E-state index contributed by atoms with van der Waals surface area (Å²) in [6.07, 6.45) is 2.56. The Kier molecular flexibility index (Phi) is 9.73. The minimum atomic E-state index is -3.58. The lowest BCUT2D eigenvalue weighted by molar-refractivity contribution is -0.145. The predicted molar refractivity (Wildman–Crippen MR) is 141 cm³/mol. The third-order valence-electron chi connectivity index (χ3n) is 5.84. The van der Waals surface area contributed by atoms with Gasteiger partial charge in [-0.1, -0.05) is 6.07 Å². The Bertz CT molecular complexity index is 1190. The molecule has 12 heteroatoms. The normalized spacial score (nSPS) is 16.6. The summed E-state index contributed by atoms with van der Waals surface area (Å²) in [6.45, 7) is 2.93. The molecule has 202 valence electrons. The number of hydrogen-bond acceptors (Lipinski definition) is 9. The molecule has 1 amide bonds. The van der Waals surface area contributed by atoms with E-state index >= 15 is 0 Å². The van der Waals surface area contributed by atoms with Crippen molar-refractivity contribution in [3.05, 3.63) is 48.0 Å². The van der Waals surface area contributed by atoms with E-state index in [2.05, 4.69) is 20.3 Å². The first-order valence-electron chi connectivity index (χ1n) is 12.1. The SMILES string of the molecule is CCOC(=O)CC(=O)Nc1ccc(N2CCCC[C@@H]2NCC(O)c2ccc(O)c(NS(C)(=O)=O)c2)cc1. The van der Waals surface area contributed by atoms with Gasteiger partial charge in [-0.3, -0.25) is 19.6 Å². The molecule has 2 aromatic carbocycles. The minimum absolute atomic E-state index is 0.00720. The number of nitrogens with one attached hydrogen (secondary N) is 3. The standard InChI is InChI=1S/C25H34N4O7S/c1-3-36-25(33)15-24(32)27-18-8-10-19(11-9-18)29-13-5-4-6-23(29)26-16-22(31)17-7-12-21(30)20(14-17)28-37(2,34)35/h7-12,14,22-23,26,28,30-31H,3-6,13,15-16H2,1-2H3,(H,27,32)/t22?,23-/m1/s1. The van der Waals surface area contributed by atoms with Crippen LogP contribution in [0.3, 0.4) is 0 Å². The molecule has 5 N–H and O–H groups in total. The van der Waals surface area contributed by atoms with Crippen LogP contribution < -0.4 is 20.3 Å². The average molecular weight is 535 g/mol. The Morgan fingerprint density at radius 2 is 1.89 bits per heavy atom. The Morgan fingerprint density at radius 3 is 2.57 bits per heavy atom. The topological polar surface area (TPSA) is 157 Å². The molecule has 1 fully saturated rings. The number of piperidine rings is 1. The number of phenolic OH excluding ortho intramolecular Hbond substituents is 1. The zero-order chi connectivity index (χ0) is 27.0. The quantitative estimate of drug-likeness (QED) is 0.166. The van der Waals surface area contributed by atoms with Gasteiger partial charge in [0.1, 0.15) is 12.2 Å². The van der Waals surface area contributed by atoms with Crippen molar-refractivity contribution in [2.45, 2.75) is 44.9 Å². The number of anilines is 3. The van der Waals surface area contributed by atoms with E-state index in [1.54, 1.807) is 25.1 Å². The van der Waals surface area contributed by atoms with Gasteiger partial charge in [-0.25, -0.2) is 8.42 Å². The van der Waals surface area contributed by atoms with Crippen LogP contribution in [0.5, 0.6) is 5.75 Å². The lowest BCUT2D eigenvalue weighted by Crippen LogP contribution is -2.50. The highest BCUT2D eigenvalue weighted by Gasteiger charge is 2.24. The molecule has 3 rings (SSSR count). The number of hydrogen-bond donors (Lipinski definition) is 5. The van der Waals surface area contributed by atoms with Gasteiger partial charge in [-0.2, -0.15) is 0 Å². The van der Waals surface area contributed by atoms with Crippen LogP contribution in [0, 0.1) is 0 Å². The second kappa shape index (κ2) is 12.7. The molecule has 11 nitrogen and oxygen atoms in total. The fourth-order valence-electron chi connectivity index (χ4n) is 4.15. The number of aromatic hydroxyl groups is 1. The number of ether oxygens (including phenoxy) is 1. The second-order valence-electron chi connectivity index (χ2n) is 8.86. The van der Waals surface area contributed by atoms with Crippen molar-refractivity contribution >= 4 is 39.0 Å². The molecular formula is C25H34N4O7S. The van der Waals surface area contributed by atoms with Crippen molar-refractivity contribution in [3.8, 4) is 5.75 Å². The van der Waals surface area contributed by atoms with Gasteiger partial charge >= 0.3 is 5.97 Å². The van der Waals surface area contributed by atoms with E-state index in [1.807, 2.05) is 12.1 Å². The van der Waals surface area contributed by atoms with Gasteiger partial charge in [-0.05, 0) is 68.1 Å². The molecule has 1 aliphatic rings. The molecule has 0 radical (unpaired) electrons. The summed E-state index contributed by atoms with van der Waals surface area (Å²) in [7, 11) is -3.58. The molecular weight excluding hydrogens is 500 g/mol. The van der Waals surface area contributed by atoms with Crippen molar-refractivity contribution in [3.63, 3.8) is 0 Å². The van der Waals surface area contributed by atoms with Crippen molar-refractivity contribution in [2.24, 2.45) is 0 Å². The minimum Gasteiger partial charge on any atom is -0.506 e. The predicted octanol–water partition coefficient (Wildman–Crippen LogP) is 2.29. The number of nitrogens with zero attached hydrogens (tertiary/aromatic N) is 1. The van der Waals surface area contributed by atoms with E-state index in [1.165, 1.54) is 12.1 Å². The maximum absolute atomic E-state index is 12.0. The lowest BCUT2D eigenvalue weighted by Gasteiger charge is -2.38. The van der Waals surface area contributed by atoms with Crippen molar-refractivity contribution in [1.29, 1.82) is 0 Å². The number of carbonyl (C=O) groups is 2. The van der Waals surface area contributed by atoms with E-state index in [9.17, 15) is 28.2 Å². The monoisotopic (exact) mass is 534 g/mol. The Hall–Kier alpha value is -3.35. The Labute approximate surface area is 216 Å². The highest BCUT2D eigenvalue weighted by molar-refractivity contribution is 7.92. The summed E-state index contributed by atoms with van der Waals surface area (Å²) in [5.74, 6) is -1.24.